The van der Waals surface area contributed by atoms with Crippen molar-refractivity contribution < 1.29 is 9.59 Å². The van der Waals surface area contributed by atoms with Crippen molar-refractivity contribution in [2.45, 2.75) is 12.5 Å². The molecule has 1 aliphatic rings. The third-order valence-electron chi connectivity index (χ3n) is 1.88. The van der Waals surface area contributed by atoms with E-state index in [4.69, 9.17) is 0 Å². The molecule has 2 N–H and O–H groups in total. The van der Waals surface area contributed by atoms with E-state index >= 15 is 0 Å². The van der Waals surface area contributed by atoms with E-state index < -0.39 is 6.04 Å². The highest BCUT2D eigenvalue weighted by Gasteiger charge is 2.30. The third-order valence-corrected chi connectivity index (χ3v) is 1.88. The Morgan fingerprint density at radius 3 is 2.62 bits per heavy atom. The second-order valence-electron chi connectivity index (χ2n) is 2.89. The molecule has 2 rings (SSSR count). The third kappa shape index (κ3) is 1.53. The molecule has 1 fully saturated rings. The minimum Gasteiger partial charge on any atom is -0.313 e. The summed E-state index contributed by atoms with van der Waals surface area (Å²) < 4.78 is 1.66. The smallest absolute Gasteiger partial charge is 0.251 e. The van der Waals surface area contributed by atoms with Crippen molar-refractivity contribution in [3.05, 3.63) is 24.5 Å². The summed E-state index contributed by atoms with van der Waals surface area (Å²) in [5.41, 5.74) is 2.88. The van der Waals surface area contributed by atoms with Gasteiger partial charge < -0.3 is 5.43 Å². The van der Waals surface area contributed by atoms with Gasteiger partial charge in [-0.05, 0) is 12.1 Å². The van der Waals surface area contributed by atoms with E-state index in [2.05, 4.69) is 10.7 Å². The zero-order chi connectivity index (χ0) is 9.26. The molecule has 0 spiro atoms. The van der Waals surface area contributed by atoms with Crippen LogP contribution in [0.4, 0.5) is 0 Å². The van der Waals surface area contributed by atoms with Crippen molar-refractivity contribution >= 4 is 11.8 Å². The average molecular weight is 179 g/mol. The van der Waals surface area contributed by atoms with Crippen LogP contribution in [0.5, 0.6) is 0 Å². The van der Waals surface area contributed by atoms with Crippen LogP contribution in [0.3, 0.4) is 0 Å². The van der Waals surface area contributed by atoms with Crippen molar-refractivity contribution in [1.29, 1.82) is 0 Å². The summed E-state index contributed by atoms with van der Waals surface area (Å²) in [7, 11) is 0. The van der Waals surface area contributed by atoms with Crippen molar-refractivity contribution in [2.24, 2.45) is 0 Å². The molecule has 1 aromatic heterocycles. The fraction of sp³-hybridized carbons (Fsp3) is 0.250. The van der Waals surface area contributed by atoms with Crippen LogP contribution < -0.4 is 10.7 Å². The highest BCUT2D eigenvalue weighted by Crippen LogP contribution is 2.02. The Labute approximate surface area is 74.7 Å². The molecule has 2 amide bonds. The quantitative estimate of drug-likeness (QED) is 0.598. The van der Waals surface area contributed by atoms with Gasteiger partial charge in [0.05, 0.1) is 6.42 Å². The Morgan fingerprint density at radius 1 is 1.38 bits per heavy atom. The summed E-state index contributed by atoms with van der Waals surface area (Å²) in [5.74, 6) is -0.492. The largest absolute Gasteiger partial charge is 0.313 e. The molecule has 0 aromatic carbocycles. The first-order valence-electron chi connectivity index (χ1n) is 3.99. The molecule has 68 valence electrons. The van der Waals surface area contributed by atoms with Gasteiger partial charge in [-0.1, -0.05) is 0 Å². The normalized spacial score (nSPS) is 21.7. The maximum absolute atomic E-state index is 11.1. The standard InChI is InChI=1S/C8H9N3O2/c12-7-5-6(8(13)9-7)10-11-3-1-2-4-11/h1-4,6,10H,5H2,(H,9,12,13). The first-order chi connectivity index (χ1) is 6.25. The Kier molecular flexibility index (Phi) is 1.77. The van der Waals surface area contributed by atoms with Gasteiger partial charge in [0.1, 0.15) is 6.04 Å². The molecule has 1 aliphatic heterocycles. The Morgan fingerprint density at radius 2 is 2.08 bits per heavy atom. The zero-order valence-electron chi connectivity index (χ0n) is 6.86. The summed E-state index contributed by atoms with van der Waals surface area (Å²) in [6.45, 7) is 0. The molecule has 1 atom stereocenters. The van der Waals surface area contributed by atoms with E-state index in [-0.39, 0.29) is 18.2 Å². The molecule has 2 heterocycles. The lowest BCUT2D eigenvalue weighted by Crippen LogP contribution is -2.34. The van der Waals surface area contributed by atoms with Crippen molar-refractivity contribution in [2.75, 3.05) is 5.43 Å². The molecule has 1 saturated heterocycles. The maximum Gasteiger partial charge on any atom is 0.251 e. The number of aromatic nitrogens is 1. The number of hydrogen-bond acceptors (Lipinski definition) is 3. The molecule has 0 aliphatic carbocycles. The molecule has 1 unspecified atom stereocenters. The summed E-state index contributed by atoms with van der Waals surface area (Å²) in [6, 6.07) is 3.23. The molecule has 0 radical (unpaired) electrons. The van der Waals surface area contributed by atoms with Gasteiger partial charge in [-0.25, -0.2) is 0 Å². The van der Waals surface area contributed by atoms with Gasteiger partial charge in [0.15, 0.2) is 0 Å². The number of imide groups is 1. The van der Waals surface area contributed by atoms with Crippen LogP contribution in [0.15, 0.2) is 24.5 Å². The molecular formula is C8H9N3O2. The molecule has 5 nitrogen and oxygen atoms in total. The molecule has 0 saturated carbocycles. The van der Waals surface area contributed by atoms with Gasteiger partial charge in [-0.2, -0.15) is 0 Å². The van der Waals surface area contributed by atoms with E-state index in [0.29, 0.717) is 0 Å². The topological polar surface area (TPSA) is 63.1 Å². The highest BCUT2D eigenvalue weighted by atomic mass is 16.2. The van der Waals surface area contributed by atoms with Gasteiger partial charge in [-0.15, -0.1) is 0 Å². The number of nitrogens with one attached hydrogen (secondary N) is 2. The number of rotatable bonds is 2. The van der Waals surface area contributed by atoms with Crippen LogP contribution in [0.2, 0.25) is 0 Å². The first kappa shape index (κ1) is 7.85. The van der Waals surface area contributed by atoms with E-state index in [1.165, 1.54) is 0 Å². The van der Waals surface area contributed by atoms with Crippen LogP contribution in [0, 0.1) is 0 Å². The fourth-order valence-electron chi connectivity index (χ4n) is 1.26. The van der Waals surface area contributed by atoms with Gasteiger partial charge >= 0.3 is 0 Å². The predicted molar refractivity (Wildman–Crippen MR) is 45.3 cm³/mol. The first-order valence-corrected chi connectivity index (χ1v) is 3.99. The number of carbonyl (C=O) groups excluding carboxylic acids is 2. The van der Waals surface area contributed by atoms with Gasteiger partial charge in [-0.3, -0.25) is 19.6 Å². The second kappa shape index (κ2) is 2.93. The number of amides is 2. The summed E-state index contributed by atoms with van der Waals surface area (Å²) in [5, 5.41) is 2.23. The average Bonchev–Trinajstić information content (AvgIpc) is 2.63. The fourth-order valence-corrected chi connectivity index (χ4v) is 1.26. The van der Waals surface area contributed by atoms with Crippen LogP contribution in [0.1, 0.15) is 6.42 Å². The van der Waals surface area contributed by atoms with Crippen LogP contribution in [-0.2, 0) is 9.59 Å². The Balaban J connectivity index is 2.03. The van der Waals surface area contributed by atoms with Gasteiger partial charge in [0, 0.05) is 12.4 Å². The Hall–Kier alpha value is -1.78. The van der Waals surface area contributed by atoms with Crippen molar-refractivity contribution in [3.8, 4) is 0 Å². The van der Waals surface area contributed by atoms with E-state index in [1.54, 1.807) is 17.1 Å². The second-order valence-corrected chi connectivity index (χ2v) is 2.89. The summed E-state index contributed by atoms with van der Waals surface area (Å²) in [6.07, 6.45) is 3.75. The lowest BCUT2D eigenvalue weighted by Gasteiger charge is -2.10. The van der Waals surface area contributed by atoms with Crippen LogP contribution >= 0.6 is 0 Å². The number of nitrogens with zero attached hydrogens (tertiary/aromatic N) is 1. The molecule has 5 heteroatoms. The molecule has 1 aromatic rings. The number of carbonyl (C=O) groups is 2. The maximum atomic E-state index is 11.1. The van der Waals surface area contributed by atoms with E-state index in [9.17, 15) is 9.59 Å². The number of hydrogen-bond donors (Lipinski definition) is 2. The van der Waals surface area contributed by atoms with E-state index in [0.717, 1.165) is 0 Å². The summed E-state index contributed by atoms with van der Waals surface area (Å²) >= 11 is 0. The molecule has 13 heavy (non-hydrogen) atoms. The van der Waals surface area contributed by atoms with Gasteiger partial charge in [0.25, 0.3) is 5.91 Å². The van der Waals surface area contributed by atoms with Gasteiger partial charge in [0.2, 0.25) is 5.91 Å². The van der Waals surface area contributed by atoms with Crippen molar-refractivity contribution in [3.63, 3.8) is 0 Å². The van der Waals surface area contributed by atoms with E-state index in [1.807, 2.05) is 12.1 Å². The molecule has 0 bridgehead atoms. The Bertz CT molecular complexity index is 331. The van der Waals surface area contributed by atoms with Crippen LogP contribution in [0.25, 0.3) is 0 Å². The predicted octanol–water partition coefficient (Wildman–Crippen LogP) is -0.553. The minimum atomic E-state index is -0.445. The SMILES string of the molecule is O=C1CC(Nn2cccc2)C(=O)N1. The lowest BCUT2D eigenvalue weighted by molar-refractivity contribution is -0.125. The molecular weight excluding hydrogens is 170 g/mol. The minimum absolute atomic E-state index is 0.205. The summed E-state index contributed by atoms with van der Waals surface area (Å²) in [4.78, 5) is 21.9. The zero-order valence-corrected chi connectivity index (χ0v) is 6.86. The monoisotopic (exact) mass is 179 g/mol. The lowest BCUT2D eigenvalue weighted by atomic mass is 10.3. The highest BCUT2D eigenvalue weighted by molar-refractivity contribution is 6.06. The van der Waals surface area contributed by atoms with Crippen LogP contribution in [-0.4, -0.2) is 22.5 Å². The van der Waals surface area contributed by atoms with Crippen molar-refractivity contribution in [1.82, 2.24) is 9.99 Å².